The zero-order chi connectivity index (χ0) is 17.7. The van der Waals surface area contributed by atoms with Crippen LogP contribution >= 0.6 is 0 Å². The third-order valence-corrected chi connectivity index (χ3v) is 5.28. The van der Waals surface area contributed by atoms with Gasteiger partial charge in [0.25, 0.3) is 10.0 Å². The number of hydrogen-bond acceptors (Lipinski definition) is 2. The Morgan fingerprint density at radius 1 is 0.760 bits per heavy atom. The number of anilines is 1. The van der Waals surface area contributed by atoms with Gasteiger partial charge in [-0.2, -0.15) is 4.31 Å². The summed E-state index contributed by atoms with van der Waals surface area (Å²) < 4.78 is 27.3. The third kappa shape index (κ3) is 3.90. The van der Waals surface area contributed by atoms with E-state index in [2.05, 4.69) is 12.0 Å². The molecule has 0 saturated heterocycles. The Hall–Kier alpha value is -3.03. The SMILES string of the molecule is Cc1ccc(S(=O)(=O)N(C#Cc2ccccc2)c2ccccc2)cc1. The molecule has 3 rings (SSSR count). The van der Waals surface area contributed by atoms with Crippen molar-refractivity contribution in [3.05, 3.63) is 96.1 Å². The number of aryl methyl sites for hydroxylation is 1. The highest BCUT2D eigenvalue weighted by atomic mass is 32.2. The van der Waals surface area contributed by atoms with Gasteiger partial charge >= 0.3 is 0 Å². The second kappa shape index (κ2) is 7.25. The summed E-state index contributed by atoms with van der Waals surface area (Å²) in [7, 11) is -3.78. The Morgan fingerprint density at radius 2 is 1.32 bits per heavy atom. The van der Waals surface area contributed by atoms with Gasteiger partial charge in [0.2, 0.25) is 0 Å². The molecule has 0 aliphatic heterocycles. The number of hydrogen-bond donors (Lipinski definition) is 0. The first-order valence-electron chi connectivity index (χ1n) is 7.81. The highest BCUT2D eigenvalue weighted by Gasteiger charge is 2.23. The molecule has 0 aliphatic rings. The first-order valence-corrected chi connectivity index (χ1v) is 9.25. The molecule has 0 amide bonds. The molecule has 0 bridgehead atoms. The van der Waals surface area contributed by atoms with Crippen LogP contribution in [0.5, 0.6) is 0 Å². The topological polar surface area (TPSA) is 37.4 Å². The fourth-order valence-corrected chi connectivity index (χ4v) is 3.54. The van der Waals surface area contributed by atoms with Gasteiger partial charge in [0.05, 0.1) is 10.6 Å². The van der Waals surface area contributed by atoms with Gasteiger partial charge in [-0.05, 0) is 49.2 Å². The summed E-state index contributed by atoms with van der Waals surface area (Å²) >= 11 is 0. The van der Waals surface area contributed by atoms with Crippen molar-refractivity contribution < 1.29 is 8.42 Å². The van der Waals surface area contributed by atoms with Crippen molar-refractivity contribution >= 4 is 15.7 Å². The van der Waals surface area contributed by atoms with Gasteiger partial charge in [-0.25, -0.2) is 8.42 Å². The van der Waals surface area contributed by atoms with Crippen LogP contribution in [0.2, 0.25) is 0 Å². The maximum absolute atomic E-state index is 13.1. The Morgan fingerprint density at radius 3 is 1.92 bits per heavy atom. The van der Waals surface area contributed by atoms with Crippen molar-refractivity contribution in [1.29, 1.82) is 0 Å². The van der Waals surface area contributed by atoms with Crippen molar-refractivity contribution in [1.82, 2.24) is 0 Å². The third-order valence-electron chi connectivity index (χ3n) is 3.63. The Bertz CT molecular complexity index is 1000. The van der Waals surface area contributed by atoms with E-state index in [0.29, 0.717) is 5.69 Å². The number of sulfonamides is 1. The van der Waals surface area contributed by atoms with Crippen molar-refractivity contribution in [2.45, 2.75) is 11.8 Å². The van der Waals surface area contributed by atoms with E-state index >= 15 is 0 Å². The Labute approximate surface area is 148 Å². The van der Waals surface area contributed by atoms with E-state index in [1.165, 1.54) is 0 Å². The normalized spacial score (nSPS) is 10.6. The molecular formula is C21H17NO2S. The largest absolute Gasteiger partial charge is 0.275 e. The van der Waals surface area contributed by atoms with E-state index < -0.39 is 10.0 Å². The molecule has 0 unspecified atom stereocenters. The molecule has 3 aromatic rings. The van der Waals surface area contributed by atoms with Gasteiger partial charge in [-0.15, -0.1) is 0 Å². The molecule has 0 spiro atoms. The zero-order valence-corrected chi connectivity index (χ0v) is 14.6. The highest BCUT2D eigenvalue weighted by molar-refractivity contribution is 7.93. The first kappa shape index (κ1) is 16.8. The van der Waals surface area contributed by atoms with Crippen LogP contribution in [0.25, 0.3) is 0 Å². The molecule has 4 heteroatoms. The minimum atomic E-state index is -3.78. The predicted molar refractivity (Wildman–Crippen MR) is 101 cm³/mol. The highest BCUT2D eigenvalue weighted by Crippen LogP contribution is 2.23. The summed E-state index contributed by atoms with van der Waals surface area (Å²) in [6, 6.07) is 27.7. The molecule has 0 heterocycles. The standard InChI is InChI=1S/C21H17NO2S/c1-18-12-14-21(15-13-18)25(23,24)22(20-10-6-3-7-11-20)17-16-19-8-4-2-5-9-19/h2-15H,1H3. The summed E-state index contributed by atoms with van der Waals surface area (Å²) in [5, 5.41) is 0. The Kier molecular flexibility index (Phi) is 4.87. The summed E-state index contributed by atoms with van der Waals surface area (Å²) in [6.07, 6.45) is 0. The van der Waals surface area contributed by atoms with Crippen LogP contribution < -0.4 is 4.31 Å². The van der Waals surface area contributed by atoms with E-state index in [1.54, 1.807) is 48.5 Å². The van der Waals surface area contributed by atoms with Crippen LogP contribution in [0.4, 0.5) is 5.69 Å². The molecule has 0 saturated carbocycles. The van der Waals surface area contributed by atoms with Crippen LogP contribution in [-0.2, 0) is 10.0 Å². The number of benzene rings is 3. The van der Waals surface area contributed by atoms with Gasteiger partial charge in [0.1, 0.15) is 0 Å². The lowest BCUT2D eigenvalue weighted by Gasteiger charge is -2.18. The second-order valence-corrected chi connectivity index (χ2v) is 7.31. The molecule has 0 atom stereocenters. The van der Waals surface area contributed by atoms with Gasteiger partial charge in [0.15, 0.2) is 0 Å². The Balaban J connectivity index is 2.08. The molecule has 3 aromatic carbocycles. The molecule has 0 N–H and O–H groups in total. The molecule has 0 aliphatic carbocycles. The van der Waals surface area contributed by atoms with E-state index in [0.717, 1.165) is 15.4 Å². The van der Waals surface area contributed by atoms with Crippen molar-refractivity contribution in [3.63, 3.8) is 0 Å². The molecule has 25 heavy (non-hydrogen) atoms. The van der Waals surface area contributed by atoms with Crippen LogP contribution in [-0.4, -0.2) is 8.42 Å². The van der Waals surface area contributed by atoms with E-state index in [1.807, 2.05) is 43.3 Å². The molecular weight excluding hydrogens is 330 g/mol. The number of para-hydroxylation sites is 1. The quantitative estimate of drug-likeness (QED) is 0.526. The summed E-state index contributed by atoms with van der Waals surface area (Å²) in [4.78, 5) is 0.212. The second-order valence-electron chi connectivity index (χ2n) is 5.52. The minimum absolute atomic E-state index is 0.212. The van der Waals surface area contributed by atoms with Crippen LogP contribution in [0.3, 0.4) is 0 Å². The van der Waals surface area contributed by atoms with Crippen molar-refractivity contribution in [3.8, 4) is 12.0 Å². The van der Waals surface area contributed by atoms with Crippen molar-refractivity contribution in [2.75, 3.05) is 4.31 Å². The maximum Gasteiger partial charge on any atom is 0.275 e. The monoisotopic (exact) mass is 347 g/mol. The first-order chi connectivity index (χ1) is 12.1. The lowest BCUT2D eigenvalue weighted by molar-refractivity contribution is 0.596. The molecule has 0 fully saturated rings. The number of rotatable bonds is 3. The summed E-state index contributed by atoms with van der Waals surface area (Å²) in [5.41, 5.74) is 2.26. The van der Waals surface area contributed by atoms with E-state index in [9.17, 15) is 8.42 Å². The van der Waals surface area contributed by atoms with Crippen molar-refractivity contribution in [2.24, 2.45) is 0 Å². The molecule has 0 radical (unpaired) electrons. The van der Waals surface area contributed by atoms with Crippen LogP contribution in [0.15, 0.2) is 89.8 Å². The maximum atomic E-state index is 13.1. The molecule has 3 nitrogen and oxygen atoms in total. The minimum Gasteiger partial charge on any atom is -0.200 e. The molecule has 124 valence electrons. The zero-order valence-electron chi connectivity index (χ0n) is 13.8. The fraction of sp³-hybridized carbons (Fsp3) is 0.0476. The average molecular weight is 347 g/mol. The fourth-order valence-electron chi connectivity index (χ4n) is 2.28. The van der Waals surface area contributed by atoms with E-state index in [4.69, 9.17) is 0 Å². The summed E-state index contributed by atoms with van der Waals surface area (Å²) in [6.45, 7) is 1.92. The van der Waals surface area contributed by atoms with E-state index in [-0.39, 0.29) is 4.90 Å². The summed E-state index contributed by atoms with van der Waals surface area (Å²) in [5.74, 6) is 2.93. The predicted octanol–water partition coefficient (Wildman–Crippen LogP) is 4.20. The van der Waals surface area contributed by atoms with Gasteiger partial charge in [0, 0.05) is 11.6 Å². The molecule has 0 aromatic heterocycles. The van der Waals surface area contributed by atoms with Crippen LogP contribution in [0.1, 0.15) is 11.1 Å². The van der Waals surface area contributed by atoms with Gasteiger partial charge < -0.3 is 0 Å². The average Bonchev–Trinajstić information content (AvgIpc) is 2.64. The van der Waals surface area contributed by atoms with Crippen LogP contribution in [0, 0.1) is 18.9 Å². The lowest BCUT2D eigenvalue weighted by Crippen LogP contribution is -2.26. The van der Waals surface area contributed by atoms with Gasteiger partial charge in [-0.1, -0.05) is 54.1 Å². The lowest BCUT2D eigenvalue weighted by atomic mass is 10.2. The number of nitrogens with zero attached hydrogens (tertiary/aromatic N) is 1. The van der Waals surface area contributed by atoms with Gasteiger partial charge in [-0.3, -0.25) is 0 Å². The smallest absolute Gasteiger partial charge is 0.200 e.